The average Bonchev–Trinajstić information content (AvgIpc) is 2.92. The van der Waals surface area contributed by atoms with Crippen molar-refractivity contribution >= 4 is 30.7 Å². The summed E-state index contributed by atoms with van der Waals surface area (Å²) in [6, 6.07) is -0.500. The van der Waals surface area contributed by atoms with Crippen LogP contribution in [0.1, 0.15) is 25.7 Å². The molecule has 126 valence electrons. The van der Waals surface area contributed by atoms with Crippen molar-refractivity contribution in [2.24, 2.45) is 11.7 Å². The topological polar surface area (TPSA) is 58.8 Å². The summed E-state index contributed by atoms with van der Waals surface area (Å²) in [4.78, 5) is 16.5. The lowest BCUT2D eigenvalue weighted by atomic mass is 9.96. The Morgan fingerprint density at radius 1 is 1.19 bits per heavy atom. The normalized spacial score (nSPS) is 21.5. The van der Waals surface area contributed by atoms with Gasteiger partial charge in [0.1, 0.15) is 6.04 Å². The van der Waals surface area contributed by atoms with Crippen LogP contribution in [0.3, 0.4) is 0 Å². The van der Waals surface area contributed by atoms with E-state index in [2.05, 4.69) is 4.90 Å². The molecule has 2 aliphatic rings. The number of nitrogens with two attached hydrogens (primary N) is 1. The summed E-state index contributed by atoms with van der Waals surface area (Å²) in [7, 11) is 1.58. The molecular formula is C14H29Cl2N3O2. The molecule has 0 bridgehead atoms. The molecule has 0 aromatic carbocycles. The fourth-order valence-corrected chi connectivity index (χ4v) is 3.15. The Morgan fingerprint density at radius 3 is 2.29 bits per heavy atom. The van der Waals surface area contributed by atoms with Crippen molar-refractivity contribution in [1.82, 2.24) is 9.80 Å². The van der Waals surface area contributed by atoms with Gasteiger partial charge in [-0.1, -0.05) is 0 Å². The Balaban J connectivity index is 0.00000200. The van der Waals surface area contributed by atoms with Crippen LogP contribution >= 0.6 is 24.8 Å². The molecule has 0 saturated carbocycles. The van der Waals surface area contributed by atoms with Crippen LogP contribution in [-0.4, -0.2) is 68.2 Å². The number of piperidine rings is 1. The van der Waals surface area contributed by atoms with Crippen molar-refractivity contribution in [2.45, 2.75) is 31.7 Å². The summed E-state index contributed by atoms with van der Waals surface area (Å²) in [5.41, 5.74) is 5.80. The second-order valence-corrected chi connectivity index (χ2v) is 5.84. The van der Waals surface area contributed by atoms with Crippen LogP contribution in [0.5, 0.6) is 0 Å². The molecule has 2 aliphatic heterocycles. The predicted molar refractivity (Wildman–Crippen MR) is 89.3 cm³/mol. The first-order valence-corrected chi connectivity index (χ1v) is 7.46. The Kier molecular flexibility index (Phi) is 10.6. The Hall–Kier alpha value is -0.0700. The third-order valence-electron chi connectivity index (χ3n) is 4.30. The fourth-order valence-electron chi connectivity index (χ4n) is 3.15. The van der Waals surface area contributed by atoms with E-state index in [4.69, 9.17) is 10.5 Å². The van der Waals surface area contributed by atoms with E-state index in [-0.39, 0.29) is 30.7 Å². The van der Waals surface area contributed by atoms with Crippen molar-refractivity contribution in [3.05, 3.63) is 0 Å². The summed E-state index contributed by atoms with van der Waals surface area (Å²) in [5.74, 6) is 0.794. The van der Waals surface area contributed by atoms with E-state index in [1.54, 1.807) is 7.11 Å². The number of ether oxygens (including phenoxy) is 1. The lowest BCUT2D eigenvalue weighted by Crippen LogP contribution is -2.49. The molecule has 2 fully saturated rings. The number of rotatable bonds is 5. The van der Waals surface area contributed by atoms with Crippen molar-refractivity contribution in [3.8, 4) is 0 Å². The number of carbonyl (C=O) groups excluding carboxylic acids is 1. The summed E-state index contributed by atoms with van der Waals surface area (Å²) in [6.45, 7) is 5.76. The monoisotopic (exact) mass is 341 g/mol. The van der Waals surface area contributed by atoms with Crippen molar-refractivity contribution in [1.29, 1.82) is 0 Å². The number of nitrogens with zero attached hydrogens (tertiary/aromatic N) is 2. The minimum absolute atomic E-state index is 0. The minimum Gasteiger partial charge on any atom is -0.383 e. The van der Waals surface area contributed by atoms with Gasteiger partial charge in [0.05, 0.1) is 6.61 Å². The first-order valence-electron chi connectivity index (χ1n) is 7.46. The van der Waals surface area contributed by atoms with Gasteiger partial charge in [-0.05, 0) is 44.7 Å². The number of likely N-dealkylation sites (tertiary alicyclic amines) is 2. The van der Waals surface area contributed by atoms with Gasteiger partial charge in [-0.15, -0.1) is 24.8 Å². The zero-order chi connectivity index (χ0) is 13.7. The van der Waals surface area contributed by atoms with Crippen LogP contribution < -0.4 is 5.73 Å². The Morgan fingerprint density at radius 2 is 1.76 bits per heavy atom. The molecule has 2 rings (SSSR count). The highest BCUT2D eigenvalue weighted by atomic mass is 35.5. The fraction of sp³-hybridized carbons (Fsp3) is 0.929. The molecule has 0 aromatic rings. The molecular weight excluding hydrogens is 313 g/mol. The highest BCUT2D eigenvalue weighted by Gasteiger charge is 2.27. The summed E-state index contributed by atoms with van der Waals surface area (Å²) < 4.78 is 4.95. The molecule has 0 radical (unpaired) electrons. The van der Waals surface area contributed by atoms with Crippen molar-refractivity contribution in [3.63, 3.8) is 0 Å². The molecule has 7 heteroatoms. The molecule has 2 saturated heterocycles. The smallest absolute Gasteiger partial charge is 0.241 e. The van der Waals surface area contributed by atoms with E-state index in [1.165, 1.54) is 32.5 Å². The third-order valence-corrected chi connectivity index (χ3v) is 4.30. The molecule has 2 heterocycles. The number of methoxy groups -OCH3 is 1. The van der Waals surface area contributed by atoms with E-state index >= 15 is 0 Å². The van der Waals surface area contributed by atoms with Crippen LogP contribution in [0.15, 0.2) is 0 Å². The van der Waals surface area contributed by atoms with Crippen LogP contribution in [0.4, 0.5) is 0 Å². The lowest BCUT2D eigenvalue weighted by Gasteiger charge is -2.35. The summed E-state index contributed by atoms with van der Waals surface area (Å²) in [6.07, 6.45) is 4.93. The van der Waals surface area contributed by atoms with Gasteiger partial charge >= 0.3 is 0 Å². The van der Waals surface area contributed by atoms with Crippen LogP contribution in [0.25, 0.3) is 0 Å². The van der Waals surface area contributed by atoms with Gasteiger partial charge in [0.15, 0.2) is 0 Å². The number of amides is 1. The van der Waals surface area contributed by atoms with Gasteiger partial charge in [-0.3, -0.25) is 4.79 Å². The van der Waals surface area contributed by atoms with Gasteiger partial charge in [0.25, 0.3) is 0 Å². The molecule has 0 aromatic heterocycles. The van der Waals surface area contributed by atoms with E-state index < -0.39 is 6.04 Å². The van der Waals surface area contributed by atoms with Gasteiger partial charge < -0.3 is 20.3 Å². The van der Waals surface area contributed by atoms with Crippen LogP contribution in [0.2, 0.25) is 0 Å². The zero-order valence-electron chi connectivity index (χ0n) is 12.8. The molecule has 1 amide bonds. The van der Waals surface area contributed by atoms with Gasteiger partial charge in [-0.2, -0.15) is 0 Å². The highest BCUT2D eigenvalue weighted by molar-refractivity contribution is 5.85. The maximum absolute atomic E-state index is 12.0. The van der Waals surface area contributed by atoms with E-state index in [1.807, 2.05) is 4.90 Å². The number of carbonyl (C=O) groups is 1. The SMILES string of the molecule is COCC(N)C(=O)N1CCC(CN2CCCC2)CC1.Cl.Cl. The molecule has 0 aliphatic carbocycles. The lowest BCUT2D eigenvalue weighted by molar-refractivity contribution is -0.135. The molecule has 1 unspecified atom stereocenters. The van der Waals surface area contributed by atoms with Crippen molar-refractivity contribution < 1.29 is 9.53 Å². The minimum atomic E-state index is -0.500. The summed E-state index contributed by atoms with van der Waals surface area (Å²) in [5, 5.41) is 0. The van der Waals surface area contributed by atoms with E-state index in [0.29, 0.717) is 6.61 Å². The molecule has 2 N–H and O–H groups in total. The average molecular weight is 342 g/mol. The van der Waals surface area contributed by atoms with Gasteiger partial charge in [0, 0.05) is 26.7 Å². The second-order valence-electron chi connectivity index (χ2n) is 5.84. The zero-order valence-corrected chi connectivity index (χ0v) is 14.5. The van der Waals surface area contributed by atoms with Gasteiger partial charge in [-0.25, -0.2) is 0 Å². The Bertz CT molecular complexity index is 294. The summed E-state index contributed by atoms with van der Waals surface area (Å²) >= 11 is 0. The molecule has 0 spiro atoms. The maximum Gasteiger partial charge on any atom is 0.241 e. The molecule has 1 atom stereocenters. The van der Waals surface area contributed by atoms with Crippen LogP contribution in [-0.2, 0) is 9.53 Å². The van der Waals surface area contributed by atoms with Crippen molar-refractivity contribution in [2.75, 3.05) is 46.4 Å². The first kappa shape index (κ1) is 20.9. The standard InChI is InChI=1S/C14H27N3O2.2ClH/c1-19-11-13(15)14(18)17-8-4-12(5-9-17)10-16-6-2-3-7-16;;/h12-13H,2-11,15H2,1H3;2*1H. The Labute approximate surface area is 140 Å². The number of hydrogen-bond acceptors (Lipinski definition) is 4. The largest absolute Gasteiger partial charge is 0.383 e. The van der Waals surface area contributed by atoms with Gasteiger partial charge in [0.2, 0.25) is 5.91 Å². The predicted octanol–water partition coefficient (Wildman–Crippen LogP) is 1.14. The molecule has 5 nitrogen and oxygen atoms in total. The second kappa shape index (κ2) is 10.6. The highest BCUT2D eigenvalue weighted by Crippen LogP contribution is 2.20. The van der Waals surface area contributed by atoms with E-state index in [0.717, 1.165) is 31.8 Å². The first-order chi connectivity index (χ1) is 9.20. The number of halogens is 2. The van der Waals surface area contributed by atoms with E-state index in [9.17, 15) is 4.79 Å². The quantitative estimate of drug-likeness (QED) is 0.814. The van der Waals surface area contributed by atoms with Crippen LogP contribution in [0, 0.1) is 5.92 Å². The third kappa shape index (κ3) is 6.28. The maximum atomic E-state index is 12.0. The molecule has 21 heavy (non-hydrogen) atoms. The number of hydrogen-bond donors (Lipinski definition) is 1.